The molecule has 7 aromatic carbocycles. The zero-order chi connectivity index (χ0) is 34.2. The number of rotatable bonds is 4. The molecule has 0 fully saturated rings. The predicted molar refractivity (Wildman–Crippen MR) is 212 cm³/mol. The van der Waals surface area contributed by atoms with Gasteiger partial charge in [0.05, 0.1) is 27.6 Å². The Morgan fingerprint density at radius 1 is 0.327 bits per heavy atom. The van der Waals surface area contributed by atoms with Crippen molar-refractivity contribution in [2.45, 2.75) is 0 Å². The molecule has 4 aromatic heterocycles. The number of imidazole rings is 1. The summed E-state index contributed by atoms with van der Waals surface area (Å²) < 4.78 is 4.68. The van der Waals surface area contributed by atoms with Gasteiger partial charge in [0, 0.05) is 49.3 Å². The van der Waals surface area contributed by atoms with E-state index in [-0.39, 0.29) is 0 Å². The molecule has 52 heavy (non-hydrogen) atoms. The van der Waals surface area contributed by atoms with Crippen LogP contribution in [-0.2, 0) is 0 Å². The predicted octanol–water partition coefficient (Wildman–Crippen LogP) is 11.1. The molecule has 0 radical (unpaired) electrons. The minimum Gasteiger partial charge on any atom is -0.309 e. The third kappa shape index (κ3) is 4.25. The molecule has 0 amide bonds. The topological polar surface area (TPSA) is 60.9 Å². The van der Waals surface area contributed by atoms with Gasteiger partial charge in [-0.3, -0.25) is 4.40 Å². The molecule has 0 bridgehead atoms. The molecule has 0 aliphatic heterocycles. The number of fused-ring (bicyclic) bond motifs is 12. The molecule has 0 N–H and O–H groups in total. The lowest BCUT2D eigenvalue weighted by Crippen LogP contribution is -2.00. The van der Waals surface area contributed by atoms with E-state index in [1.165, 1.54) is 21.5 Å². The van der Waals surface area contributed by atoms with Crippen LogP contribution in [0.5, 0.6) is 0 Å². The van der Waals surface area contributed by atoms with E-state index >= 15 is 0 Å². The Kier molecular flexibility index (Phi) is 6.15. The smallest absolute Gasteiger partial charge is 0.164 e. The fraction of sp³-hybridized carbons (Fsp3) is 0. The zero-order valence-corrected chi connectivity index (χ0v) is 27.8. The lowest BCUT2D eigenvalue weighted by Gasteiger charge is -2.12. The summed E-state index contributed by atoms with van der Waals surface area (Å²) in [5, 5.41) is 5.99. The van der Waals surface area contributed by atoms with Crippen molar-refractivity contribution in [2.24, 2.45) is 0 Å². The van der Waals surface area contributed by atoms with Crippen LogP contribution in [0.25, 0.3) is 100 Å². The van der Waals surface area contributed by atoms with Crippen LogP contribution in [-0.4, -0.2) is 28.9 Å². The molecule has 4 heterocycles. The molecular weight excluding hydrogens is 637 g/mol. The maximum atomic E-state index is 5.17. The van der Waals surface area contributed by atoms with Crippen LogP contribution in [0.2, 0.25) is 0 Å². The quantitative estimate of drug-likeness (QED) is 0.176. The van der Waals surface area contributed by atoms with E-state index in [0.717, 1.165) is 61.0 Å². The molecule has 242 valence electrons. The minimum absolute atomic E-state index is 0.634. The monoisotopic (exact) mass is 664 g/mol. The lowest BCUT2D eigenvalue weighted by molar-refractivity contribution is 1.07. The summed E-state index contributed by atoms with van der Waals surface area (Å²) in [6, 6.07) is 59.0. The van der Waals surface area contributed by atoms with Gasteiger partial charge in [-0.25, -0.2) is 19.9 Å². The van der Waals surface area contributed by atoms with Crippen LogP contribution < -0.4 is 0 Å². The van der Waals surface area contributed by atoms with Gasteiger partial charge < -0.3 is 4.57 Å². The van der Waals surface area contributed by atoms with Gasteiger partial charge in [0.2, 0.25) is 0 Å². The summed E-state index contributed by atoms with van der Waals surface area (Å²) in [5.74, 6) is 1.93. The van der Waals surface area contributed by atoms with Crippen molar-refractivity contribution in [2.75, 3.05) is 0 Å². The number of hydrogen-bond donors (Lipinski definition) is 0. The Bertz CT molecular complexity index is 3100. The molecule has 0 spiro atoms. The van der Waals surface area contributed by atoms with Crippen molar-refractivity contribution in [3.05, 3.63) is 170 Å². The zero-order valence-electron chi connectivity index (χ0n) is 27.8. The summed E-state index contributed by atoms with van der Waals surface area (Å²) in [6.45, 7) is 0. The van der Waals surface area contributed by atoms with E-state index in [0.29, 0.717) is 17.5 Å². The Hall–Kier alpha value is -7.18. The highest BCUT2D eigenvalue weighted by atomic mass is 15.0. The van der Waals surface area contributed by atoms with Gasteiger partial charge in [0.15, 0.2) is 17.5 Å². The first-order valence-electron chi connectivity index (χ1n) is 17.4. The van der Waals surface area contributed by atoms with Crippen molar-refractivity contribution in [3.63, 3.8) is 0 Å². The molecule has 6 nitrogen and oxygen atoms in total. The van der Waals surface area contributed by atoms with E-state index in [9.17, 15) is 0 Å². The van der Waals surface area contributed by atoms with Crippen molar-refractivity contribution in [1.29, 1.82) is 0 Å². The first-order valence-corrected chi connectivity index (χ1v) is 17.4. The van der Waals surface area contributed by atoms with Crippen LogP contribution in [0.1, 0.15) is 0 Å². The van der Waals surface area contributed by atoms with Gasteiger partial charge in [0.1, 0.15) is 5.65 Å². The van der Waals surface area contributed by atoms with Crippen molar-refractivity contribution in [1.82, 2.24) is 28.9 Å². The van der Waals surface area contributed by atoms with E-state index < -0.39 is 0 Å². The van der Waals surface area contributed by atoms with Gasteiger partial charge in [-0.05, 0) is 60.7 Å². The number of aromatic nitrogens is 6. The number of pyridine rings is 1. The van der Waals surface area contributed by atoms with Gasteiger partial charge in [0.25, 0.3) is 0 Å². The first kappa shape index (κ1) is 28.6. The van der Waals surface area contributed by atoms with Crippen LogP contribution >= 0.6 is 0 Å². The third-order valence-electron chi connectivity index (χ3n) is 10.1. The number of para-hydroxylation sites is 4. The average molecular weight is 665 g/mol. The summed E-state index contributed by atoms with van der Waals surface area (Å²) in [6.07, 6.45) is 0. The first-order chi connectivity index (χ1) is 25.8. The summed E-state index contributed by atoms with van der Waals surface area (Å²) >= 11 is 0. The van der Waals surface area contributed by atoms with Gasteiger partial charge >= 0.3 is 0 Å². The molecule has 6 heteroatoms. The third-order valence-corrected chi connectivity index (χ3v) is 10.1. The van der Waals surface area contributed by atoms with Crippen molar-refractivity contribution < 1.29 is 0 Å². The molecule has 0 saturated carbocycles. The average Bonchev–Trinajstić information content (AvgIpc) is 3.78. The molecule has 0 aliphatic rings. The molecule has 11 rings (SSSR count). The van der Waals surface area contributed by atoms with Gasteiger partial charge in [-0.1, -0.05) is 109 Å². The summed E-state index contributed by atoms with van der Waals surface area (Å²) in [4.78, 5) is 20.0. The Morgan fingerprint density at radius 3 is 1.50 bits per heavy atom. The molecule has 0 atom stereocenters. The SMILES string of the molecule is c1ccc(-c2nc(-c3ccccc3)nc(-c3ccc(-n4c5ccccc5c5c6c7ccccc7n7c8ccccc8nc7c6ccc54)cc3)n2)cc1. The van der Waals surface area contributed by atoms with Crippen LogP contribution in [0, 0.1) is 0 Å². The molecular formula is C46H28N6. The van der Waals surface area contributed by atoms with Crippen LogP contribution in [0.15, 0.2) is 170 Å². The number of hydrogen-bond acceptors (Lipinski definition) is 4. The highest BCUT2D eigenvalue weighted by Crippen LogP contribution is 2.42. The van der Waals surface area contributed by atoms with E-state index in [1.54, 1.807) is 0 Å². The summed E-state index contributed by atoms with van der Waals surface area (Å²) in [5.41, 5.74) is 10.4. The largest absolute Gasteiger partial charge is 0.309 e. The highest BCUT2D eigenvalue weighted by Gasteiger charge is 2.20. The minimum atomic E-state index is 0.634. The second kappa shape index (κ2) is 11.2. The Morgan fingerprint density at radius 2 is 0.846 bits per heavy atom. The van der Waals surface area contributed by atoms with Crippen LogP contribution in [0.4, 0.5) is 0 Å². The van der Waals surface area contributed by atoms with Crippen LogP contribution in [0.3, 0.4) is 0 Å². The Labute approximate surface area is 297 Å². The van der Waals surface area contributed by atoms with Gasteiger partial charge in [-0.15, -0.1) is 0 Å². The maximum absolute atomic E-state index is 5.17. The second-order valence-corrected chi connectivity index (χ2v) is 13.1. The molecule has 0 saturated heterocycles. The maximum Gasteiger partial charge on any atom is 0.164 e. The molecule has 0 aliphatic carbocycles. The summed E-state index contributed by atoms with van der Waals surface area (Å²) in [7, 11) is 0. The second-order valence-electron chi connectivity index (χ2n) is 13.1. The van der Waals surface area contributed by atoms with Crippen molar-refractivity contribution in [3.8, 4) is 39.9 Å². The fourth-order valence-electron chi connectivity index (χ4n) is 7.83. The molecule has 0 unspecified atom stereocenters. The highest BCUT2D eigenvalue weighted by molar-refractivity contribution is 6.30. The normalized spacial score (nSPS) is 11.8. The number of nitrogens with zero attached hydrogens (tertiary/aromatic N) is 6. The Balaban J connectivity index is 1.13. The number of benzene rings is 7. The van der Waals surface area contributed by atoms with E-state index in [1.807, 2.05) is 60.7 Å². The van der Waals surface area contributed by atoms with E-state index in [4.69, 9.17) is 19.9 Å². The van der Waals surface area contributed by atoms with Gasteiger partial charge in [-0.2, -0.15) is 0 Å². The van der Waals surface area contributed by atoms with E-state index in [2.05, 4.69) is 118 Å². The van der Waals surface area contributed by atoms with Crippen molar-refractivity contribution >= 4 is 60.2 Å². The standard InChI is InChI=1S/C46H28N6/c1-3-13-29(14-4-1)43-48-44(30-15-5-2-6-16-30)50-45(49-43)31-23-25-32(26-24-31)51-37-20-10-8-18-34(37)42-40(51)28-27-35-41(42)33-17-7-11-21-38(33)52-39-22-12-9-19-36(39)47-46(35)52/h1-28H. The fourth-order valence-corrected chi connectivity index (χ4v) is 7.83. The molecule has 11 aromatic rings. The lowest BCUT2D eigenvalue weighted by atomic mass is 10.00.